The molecule has 1 aliphatic carbocycles. The largest absolute Gasteiger partial charge is 0.367 e. The topological polar surface area (TPSA) is 25.1 Å². The van der Waals surface area contributed by atoms with Gasteiger partial charge in [0.15, 0.2) is 0 Å². The molecule has 0 aromatic heterocycles. The van der Waals surface area contributed by atoms with E-state index in [1.807, 2.05) is 0 Å². The van der Waals surface area contributed by atoms with Gasteiger partial charge in [-0.25, -0.2) is 0 Å². The lowest BCUT2D eigenvalue weighted by atomic mass is 9.99. The summed E-state index contributed by atoms with van der Waals surface area (Å²) in [6.07, 6.45) is 6.65. The van der Waals surface area contributed by atoms with Crippen molar-refractivity contribution in [2.24, 2.45) is 0 Å². The summed E-state index contributed by atoms with van der Waals surface area (Å²) < 4.78 is 11.1. The van der Waals surface area contributed by atoms with E-state index in [0.717, 1.165) is 0 Å². The van der Waals surface area contributed by atoms with Gasteiger partial charge in [-0.3, -0.25) is 0 Å². The monoisotopic (exact) mass is 182 g/mol. The Kier molecular flexibility index (Phi) is 2.20. The van der Waals surface area contributed by atoms with Crippen LogP contribution in [0.3, 0.4) is 0 Å². The van der Waals surface area contributed by atoms with E-state index in [2.05, 4.69) is 20.1 Å². The molecule has 2 nitrogen and oxygen atoms in total. The second kappa shape index (κ2) is 3.10. The Bertz CT molecular complexity index is 204. The molecule has 2 aliphatic heterocycles. The number of unbranched alkanes of at least 4 members (excludes halogenated alkanes) is 1. The van der Waals surface area contributed by atoms with Gasteiger partial charge in [-0.1, -0.05) is 19.8 Å². The maximum Gasteiger partial charge on any atom is 0.116 e. The molecular weight excluding hydrogens is 164 g/mol. The van der Waals surface area contributed by atoms with Crippen LogP contribution in [0.15, 0.2) is 13.2 Å². The molecule has 0 radical (unpaired) electrons. The molecule has 3 rings (SSSR count). The average molecular weight is 182 g/mol. The zero-order chi connectivity index (χ0) is 9.47. The van der Waals surface area contributed by atoms with E-state index in [0.29, 0.717) is 23.9 Å². The van der Waals surface area contributed by atoms with Crippen molar-refractivity contribution in [1.29, 1.82) is 0 Å². The molecule has 4 unspecified atom stereocenters. The first-order chi connectivity index (χ1) is 6.36. The quantitative estimate of drug-likeness (QED) is 0.494. The summed E-state index contributed by atoms with van der Waals surface area (Å²) in [5.74, 6) is 0. The normalized spacial score (nSPS) is 48.5. The lowest BCUT2D eigenvalue weighted by molar-refractivity contribution is 0.244. The van der Waals surface area contributed by atoms with Crippen LogP contribution in [0, 0.1) is 0 Å². The minimum atomic E-state index is 0.309. The Morgan fingerprint density at radius 1 is 1.46 bits per heavy atom. The first-order valence-electron chi connectivity index (χ1n) is 5.19. The Morgan fingerprint density at radius 3 is 2.77 bits per heavy atom. The van der Waals surface area contributed by atoms with E-state index in [9.17, 15) is 0 Å². The van der Waals surface area contributed by atoms with Gasteiger partial charge in [0.05, 0.1) is 6.10 Å². The summed E-state index contributed by atoms with van der Waals surface area (Å²) in [6.45, 7) is 8.24. The van der Waals surface area contributed by atoms with E-state index in [-0.39, 0.29) is 0 Å². The van der Waals surface area contributed by atoms with E-state index in [1.54, 1.807) is 0 Å². The van der Waals surface area contributed by atoms with Gasteiger partial charge in [0, 0.05) is 6.42 Å². The number of hydrogen-bond donors (Lipinski definition) is 0. The molecule has 0 aromatic rings. The predicted molar refractivity (Wildman–Crippen MR) is 51.7 cm³/mol. The molecule has 4 atom stereocenters. The van der Waals surface area contributed by atoms with Crippen LogP contribution in [0.5, 0.6) is 0 Å². The zero-order valence-electron chi connectivity index (χ0n) is 8.29. The molecule has 3 aliphatic rings. The second-order valence-electron chi connectivity index (χ2n) is 4.05. The fraction of sp³-hybridized carbons (Fsp3) is 0.818. The lowest BCUT2D eigenvalue weighted by Crippen LogP contribution is -2.13. The minimum Gasteiger partial charge on any atom is -0.367 e. The predicted octanol–water partition coefficient (Wildman–Crippen LogP) is 2.29. The molecule has 2 heterocycles. The van der Waals surface area contributed by atoms with Crippen molar-refractivity contribution in [3.63, 3.8) is 0 Å². The van der Waals surface area contributed by atoms with Crippen LogP contribution >= 0.6 is 0 Å². The summed E-state index contributed by atoms with van der Waals surface area (Å²) >= 11 is 0. The van der Waals surface area contributed by atoms with Gasteiger partial charge in [-0.15, -0.1) is 13.2 Å². The molecular formula is C11H18O2. The Morgan fingerprint density at radius 2 is 2.23 bits per heavy atom. The van der Waals surface area contributed by atoms with Crippen LogP contribution in [0.2, 0.25) is 0 Å². The molecule has 0 N–H and O–H groups in total. The van der Waals surface area contributed by atoms with Gasteiger partial charge in [0.2, 0.25) is 0 Å². The number of epoxide rings is 2. The Hall–Kier alpha value is -0.340. The van der Waals surface area contributed by atoms with Crippen LogP contribution < -0.4 is 0 Å². The molecule has 0 amide bonds. The molecule has 0 aromatic carbocycles. The lowest BCUT2D eigenvalue weighted by Gasteiger charge is -2.06. The molecule has 13 heavy (non-hydrogen) atoms. The Balaban J connectivity index is 0.000000308. The smallest absolute Gasteiger partial charge is 0.116 e. The number of rotatable bonds is 3. The maximum absolute atomic E-state index is 5.67. The molecule has 3 fully saturated rings. The van der Waals surface area contributed by atoms with Gasteiger partial charge in [-0.05, 0) is 6.42 Å². The fourth-order valence-corrected chi connectivity index (χ4v) is 2.46. The third-order valence-corrected chi connectivity index (χ3v) is 3.24. The van der Waals surface area contributed by atoms with E-state index >= 15 is 0 Å². The second-order valence-corrected chi connectivity index (χ2v) is 4.05. The Labute approximate surface area is 79.9 Å². The SMILES string of the molecule is C=C.CCCCC12CC3OC3C1O2. The number of fused-ring (bicyclic) bond motifs is 3. The number of ether oxygens (including phenoxy) is 2. The molecule has 0 bridgehead atoms. The maximum atomic E-state index is 5.67. The highest BCUT2D eigenvalue weighted by Gasteiger charge is 2.74. The van der Waals surface area contributed by atoms with Crippen LogP contribution in [0.4, 0.5) is 0 Å². The van der Waals surface area contributed by atoms with Gasteiger partial charge in [-0.2, -0.15) is 0 Å². The fourth-order valence-electron chi connectivity index (χ4n) is 2.46. The van der Waals surface area contributed by atoms with Crippen LogP contribution in [-0.2, 0) is 9.47 Å². The van der Waals surface area contributed by atoms with Crippen molar-refractivity contribution in [2.45, 2.75) is 56.5 Å². The molecule has 2 saturated heterocycles. The number of hydrogen-bond acceptors (Lipinski definition) is 2. The summed E-state index contributed by atoms with van der Waals surface area (Å²) in [7, 11) is 0. The highest BCUT2D eigenvalue weighted by molar-refractivity contribution is 5.22. The minimum absolute atomic E-state index is 0.309. The van der Waals surface area contributed by atoms with Crippen molar-refractivity contribution in [1.82, 2.24) is 0 Å². The van der Waals surface area contributed by atoms with Gasteiger partial charge in [0.25, 0.3) is 0 Å². The molecule has 1 saturated carbocycles. The molecule has 0 spiro atoms. The van der Waals surface area contributed by atoms with E-state index in [4.69, 9.17) is 9.47 Å². The first-order valence-corrected chi connectivity index (χ1v) is 5.19. The van der Waals surface area contributed by atoms with Gasteiger partial charge >= 0.3 is 0 Å². The third-order valence-electron chi connectivity index (χ3n) is 3.24. The third kappa shape index (κ3) is 1.32. The summed E-state index contributed by atoms with van der Waals surface area (Å²) in [5.41, 5.74) is 0.309. The van der Waals surface area contributed by atoms with Crippen molar-refractivity contribution < 1.29 is 9.47 Å². The zero-order valence-corrected chi connectivity index (χ0v) is 8.29. The highest BCUT2D eigenvalue weighted by atomic mass is 16.7. The van der Waals surface area contributed by atoms with Crippen LogP contribution in [0.1, 0.15) is 32.6 Å². The first kappa shape index (κ1) is 9.22. The summed E-state index contributed by atoms with van der Waals surface area (Å²) in [4.78, 5) is 0. The highest BCUT2D eigenvalue weighted by Crippen LogP contribution is 2.61. The van der Waals surface area contributed by atoms with Crippen LogP contribution in [-0.4, -0.2) is 23.9 Å². The summed E-state index contributed by atoms with van der Waals surface area (Å²) in [6, 6.07) is 0. The van der Waals surface area contributed by atoms with E-state index < -0.39 is 0 Å². The van der Waals surface area contributed by atoms with Crippen molar-refractivity contribution in [3.05, 3.63) is 13.2 Å². The average Bonchev–Trinajstić information content (AvgIpc) is 3.06. The van der Waals surface area contributed by atoms with Gasteiger partial charge in [0.1, 0.15) is 17.8 Å². The van der Waals surface area contributed by atoms with Crippen LogP contribution in [0.25, 0.3) is 0 Å². The van der Waals surface area contributed by atoms with Crippen molar-refractivity contribution >= 4 is 0 Å². The molecule has 74 valence electrons. The molecule has 2 heteroatoms. The van der Waals surface area contributed by atoms with Crippen molar-refractivity contribution in [3.8, 4) is 0 Å². The summed E-state index contributed by atoms with van der Waals surface area (Å²) in [5, 5.41) is 0. The van der Waals surface area contributed by atoms with Gasteiger partial charge < -0.3 is 9.47 Å². The standard InChI is InChI=1S/C9H14O2.C2H4/c1-2-3-4-9-5-6-7(10-6)8(9)11-9;1-2/h6-8H,2-5H2,1H3;1-2H2. The van der Waals surface area contributed by atoms with E-state index in [1.165, 1.54) is 25.7 Å². The van der Waals surface area contributed by atoms with Crippen molar-refractivity contribution in [2.75, 3.05) is 0 Å².